The van der Waals surface area contributed by atoms with Crippen LogP contribution in [0.15, 0.2) is 12.1 Å². The normalized spacial score (nSPS) is 35.8. The van der Waals surface area contributed by atoms with E-state index in [9.17, 15) is 4.79 Å². The van der Waals surface area contributed by atoms with Crippen molar-refractivity contribution in [2.45, 2.75) is 32.1 Å². The molecule has 4 saturated carbocycles. The van der Waals surface area contributed by atoms with E-state index in [2.05, 4.69) is 5.32 Å². The Hall–Kier alpha value is -1.42. The Labute approximate surface area is 146 Å². The smallest absolute Gasteiger partial charge is 0.228 e. The first kappa shape index (κ1) is 14.9. The van der Waals surface area contributed by atoms with Crippen molar-refractivity contribution in [2.24, 2.45) is 29.6 Å². The van der Waals surface area contributed by atoms with Crippen LogP contribution < -0.4 is 14.8 Å². The van der Waals surface area contributed by atoms with E-state index >= 15 is 0 Å². The first-order valence-corrected chi connectivity index (χ1v) is 9.45. The maximum atomic E-state index is 13.0. The number of anilines is 1. The number of carbonyl (C=O) groups excluding carboxylic acids is 1. The molecule has 1 aromatic carbocycles. The van der Waals surface area contributed by atoms with Crippen molar-refractivity contribution >= 4 is 23.2 Å². The third kappa shape index (κ3) is 2.38. The van der Waals surface area contributed by atoms with Gasteiger partial charge in [0.15, 0.2) is 11.5 Å². The van der Waals surface area contributed by atoms with E-state index in [0.29, 0.717) is 47.3 Å². The molecule has 5 heteroatoms. The molecule has 4 bridgehead atoms. The van der Waals surface area contributed by atoms with Crippen LogP contribution in [0.5, 0.6) is 11.5 Å². The standard InChI is InChI=1S/C19H22ClNO3/c20-14-8-16-17(24-2-1-23-16)9-15(14)21-19(22)18-12-4-10-3-11(6-12)7-13(18)5-10/h8-13,18H,1-7H2,(H,21,22). The highest BCUT2D eigenvalue weighted by molar-refractivity contribution is 6.34. The summed E-state index contributed by atoms with van der Waals surface area (Å²) in [6, 6.07) is 3.54. The van der Waals surface area contributed by atoms with Crippen LogP contribution >= 0.6 is 11.6 Å². The first-order valence-electron chi connectivity index (χ1n) is 9.07. The van der Waals surface area contributed by atoms with Crippen molar-refractivity contribution in [1.82, 2.24) is 0 Å². The molecule has 1 amide bonds. The van der Waals surface area contributed by atoms with Gasteiger partial charge in [-0.1, -0.05) is 11.6 Å². The maximum absolute atomic E-state index is 13.0. The van der Waals surface area contributed by atoms with E-state index in [1.807, 2.05) is 0 Å². The molecule has 0 unspecified atom stereocenters. The van der Waals surface area contributed by atoms with E-state index < -0.39 is 0 Å². The lowest BCUT2D eigenvalue weighted by atomic mass is 9.51. The SMILES string of the molecule is O=C(Nc1cc2c(cc1Cl)OCCO2)C1C2CC3CC(C2)CC1C3. The van der Waals surface area contributed by atoms with Gasteiger partial charge in [0.25, 0.3) is 0 Å². The van der Waals surface area contributed by atoms with Crippen LogP contribution in [0.3, 0.4) is 0 Å². The van der Waals surface area contributed by atoms with Crippen molar-refractivity contribution in [3.63, 3.8) is 0 Å². The number of amides is 1. The fourth-order valence-corrected chi connectivity index (χ4v) is 5.93. The summed E-state index contributed by atoms with van der Waals surface area (Å²) in [5.41, 5.74) is 0.639. The van der Waals surface area contributed by atoms with Crippen LogP contribution in [0.2, 0.25) is 5.02 Å². The van der Waals surface area contributed by atoms with Gasteiger partial charge in [-0.3, -0.25) is 4.79 Å². The lowest BCUT2D eigenvalue weighted by Gasteiger charge is -2.53. The molecule has 0 atom stereocenters. The number of ether oxygens (including phenoxy) is 2. The summed E-state index contributed by atoms with van der Waals surface area (Å²) in [7, 11) is 0. The monoisotopic (exact) mass is 347 g/mol. The summed E-state index contributed by atoms with van der Waals surface area (Å²) >= 11 is 6.34. The molecule has 24 heavy (non-hydrogen) atoms. The largest absolute Gasteiger partial charge is 0.486 e. The Kier molecular flexibility index (Phi) is 3.44. The van der Waals surface area contributed by atoms with Crippen LogP contribution in [0, 0.1) is 29.6 Å². The van der Waals surface area contributed by atoms with E-state index in [-0.39, 0.29) is 11.8 Å². The second-order valence-electron chi connectivity index (χ2n) is 7.92. The van der Waals surface area contributed by atoms with Crippen LogP contribution in [0.25, 0.3) is 0 Å². The van der Waals surface area contributed by atoms with Crippen molar-refractivity contribution in [3.05, 3.63) is 17.2 Å². The quantitative estimate of drug-likeness (QED) is 0.875. The maximum Gasteiger partial charge on any atom is 0.228 e. The molecule has 5 aliphatic rings. The average Bonchev–Trinajstić information content (AvgIpc) is 2.54. The highest BCUT2D eigenvalue weighted by Crippen LogP contribution is 2.56. The van der Waals surface area contributed by atoms with Gasteiger partial charge in [-0.2, -0.15) is 0 Å². The number of benzene rings is 1. The summed E-state index contributed by atoms with van der Waals surface area (Å²) in [4.78, 5) is 13.0. The minimum absolute atomic E-state index is 0.141. The van der Waals surface area contributed by atoms with Crippen LogP contribution in [-0.4, -0.2) is 19.1 Å². The second kappa shape index (κ2) is 5.55. The van der Waals surface area contributed by atoms with E-state index in [1.165, 1.54) is 32.1 Å². The molecule has 0 saturated heterocycles. The molecule has 4 fully saturated rings. The van der Waals surface area contributed by atoms with Crippen molar-refractivity contribution in [3.8, 4) is 11.5 Å². The van der Waals surface area contributed by atoms with Crippen molar-refractivity contribution in [2.75, 3.05) is 18.5 Å². The fourth-order valence-electron chi connectivity index (χ4n) is 5.73. The lowest BCUT2D eigenvalue weighted by molar-refractivity contribution is -0.132. The van der Waals surface area contributed by atoms with Crippen LogP contribution in [0.1, 0.15) is 32.1 Å². The molecular weight excluding hydrogens is 326 g/mol. The minimum Gasteiger partial charge on any atom is -0.486 e. The van der Waals surface area contributed by atoms with Gasteiger partial charge in [-0.15, -0.1) is 0 Å². The molecule has 1 aromatic rings. The molecule has 4 nitrogen and oxygen atoms in total. The van der Waals surface area contributed by atoms with Gasteiger partial charge in [-0.05, 0) is 55.8 Å². The van der Waals surface area contributed by atoms with E-state index in [0.717, 1.165) is 11.8 Å². The predicted octanol–water partition coefficient (Wildman–Crippen LogP) is 4.12. The number of rotatable bonds is 2. The van der Waals surface area contributed by atoms with Gasteiger partial charge in [0.1, 0.15) is 13.2 Å². The van der Waals surface area contributed by atoms with Gasteiger partial charge in [0, 0.05) is 18.1 Å². The first-order chi connectivity index (χ1) is 11.7. The Bertz CT molecular complexity index is 661. The van der Waals surface area contributed by atoms with E-state index in [4.69, 9.17) is 21.1 Å². The number of fused-ring (bicyclic) bond motifs is 1. The molecule has 6 rings (SSSR count). The highest BCUT2D eigenvalue weighted by atomic mass is 35.5. The van der Waals surface area contributed by atoms with Crippen LogP contribution in [0.4, 0.5) is 5.69 Å². The highest BCUT2D eigenvalue weighted by Gasteiger charge is 2.50. The zero-order valence-electron chi connectivity index (χ0n) is 13.6. The Morgan fingerprint density at radius 1 is 0.958 bits per heavy atom. The molecule has 128 valence electrons. The lowest BCUT2D eigenvalue weighted by Crippen LogP contribution is -2.49. The number of halogens is 1. The summed E-state index contributed by atoms with van der Waals surface area (Å²) in [6.07, 6.45) is 6.34. The molecule has 0 aromatic heterocycles. The zero-order valence-corrected chi connectivity index (χ0v) is 14.3. The van der Waals surface area contributed by atoms with E-state index in [1.54, 1.807) is 12.1 Å². The van der Waals surface area contributed by atoms with Gasteiger partial charge < -0.3 is 14.8 Å². The Morgan fingerprint density at radius 2 is 1.54 bits per heavy atom. The molecule has 0 spiro atoms. The van der Waals surface area contributed by atoms with Crippen LogP contribution in [-0.2, 0) is 4.79 Å². The third-order valence-electron chi connectivity index (χ3n) is 6.42. The molecule has 4 aliphatic carbocycles. The number of nitrogens with one attached hydrogen (secondary N) is 1. The Morgan fingerprint density at radius 3 is 2.17 bits per heavy atom. The summed E-state index contributed by atoms with van der Waals surface area (Å²) < 4.78 is 11.1. The number of hydrogen-bond acceptors (Lipinski definition) is 3. The number of carbonyl (C=O) groups is 1. The summed E-state index contributed by atoms with van der Waals surface area (Å²) in [5.74, 6) is 4.48. The van der Waals surface area contributed by atoms with Gasteiger partial charge in [-0.25, -0.2) is 0 Å². The molecular formula is C19H22ClNO3. The minimum atomic E-state index is 0.141. The molecule has 1 aliphatic heterocycles. The molecule has 1 heterocycles. The Balaban J connectivity index is 1.37. The fraction of sp³-hybridized carbons (Fsp3) is 0.632. The van der Waals surface area contributed by atoms with Gasteiger partial charge >= 0.3 is 0 Å². The van der Waals surface area contributed by atoms with Gasteiger partial charge in [0.05, 0.1) is 10.7 Å². The van der Waals surface area contributed by atoms with Crippen molar-refractivity contribution < 1.29 is 14.3 Å². The zero-order chi connectivity index (χ0) is 16.3. The van der Waals surface area contributed by atoms with Gasteiger partial charge in [0.2, 0.25) is 5.91 Å². The van der Waals surface area contributed by atoms with Crippen molar-refractivity contribution in [1.29, 1.82) is 0 Å². The number of hydrogen-bond donors (Lipinski definition) is 1. The second-order valence-corrected chi connectivity index (χ2v) is 8.33. The topological polar surface area (TPSA) is 47.6 Å². The summed E-state index contributed by atoms with van der Waals surface area (Å²) in [5, 5.41) is 3.59. The third-order valence-corrected chi connectivity index (χ3v) is 6.73. The molecule has 1 N–H and O–H groups in total. The predicted molar refractivity (Wildman–Crippen MR) is 91.6 cm³/mol. The molecule has 0 radical (unpaired) electrons. The average molecular weight is 348 g/mol. The summed E-state index contributed by atoms with van der Waals surface area (Å²) in [6.45, 7) is 1.06.